The van der Waals surface area contributed by atoms with Crippen LogP contribution < -0.4 is 5.73 Å². The minimum Gasteiger partial charge on any atom is -0.395 e. The van der Waals surface area contributed by atoms with Gasteiger partial charge in [-0.1, -0.05) is 0 Å². The minimum absolute atomic E-state index is 0.433. The lowest BCUT2D eigenvalue weighted by atomic mass is 9.95. The molecule has 0 aliphatic rings. The van der Waals surface area contributed by atoms with Crippen LogP contribution in [0, 0.1) is 0 Å². The molecule has 3 atom stereocenters. The molecule has 11 heavy (non-hydrogen) atoms. The Morgan fingerprint density at radius 2 is 1.91 bits per heavy atom. The predicted octanol–water partition coefficient (Wildman–Crippen LogP) is -2.59. The molecule has 0 aliphatic carbocycles. The Kier molecular flexibility index (Phi) is 3.91. The molecule has 0 aromatic rings. The van der Waals surface area contributed by atoms with Gasteiger partial charge in [-0.3, -0.25) is 0 Å². The second kappa shape index (κ2) is 3.99. The third-order valence-corrected chi connectivity index (χ3v) is 1.57. The molecule has 0 spiro atoms. The van der Waals surface area contributed by atoms with E-state index in [1.165, 1.54) is 6.92 Å². The van der Waals surface area contributed by atoms with Gasteiger partial charge in [0.15, 0.2) is 0 Å². The molecule has 0 aromatic carbocycles. The van der Waals surface area contributed by atoms with Crippen LogP contribution in [0.2, 0.25) is 0 Å². The minimum atomic E-state index is -1.65. The summed E-state index contributed by atoms with van der Waals surface area (Å²) in [6.45, 7) is 0.215. The summed E-state index contributed by atoms with van der Waals surface area (Å²) >= 11 is 0. The van der Waals surface area contributed by atoms with Crippen LogP contribution in [0.4, 0.5) is 0 Å². The summed E-state index contributed by atoms with van der Waals surface area (Å²) in [6, 6.07) is -0.933. The van der Waals surface area contributed by atoms with Gasteiger partial charge in [0, 0.05) is 0 Å². The van der Waals surface area contributed by atoms with Gasteiger partial charge < -0.3 is 26.2 Å². The summed E-state index contributed by atoms with van der Waals surface area (Å²) in [5.41, 5.74) is 3.56. The van der Waals surface area contributed by atoms with Crippen LogP contribution >= 0.6 is 0 Å². The van der Waals surface area contributed by atoms with Gasteiger partial charge in [-0.25, -0.2) is 0 Å². The Balaban J connectivity index is 4.10. The van der Waals surface area contributed by atoms with Crippen molar-refractivity contribution in [1.82, 2.24) is 0 Å². The highest BCUT2D eigenvalue weighted by Crippen LogP contribution is 2.10. The third-order valence-electron chi connectivity index (χ3n) is 1.57. The number of nitrogens with two attached hydrogens (primary N) is 1. The highest BCUT2D eigenvalue weighted by Gasteiger charge is 2.33. The number of rotatable bonds is 4. The molecule has 0 fully saturated rings. The zero-order chi connectivity index (χ0) is 9.07. The molecule has 0 heterocycles. The van der Waals surface area contributed by atoms with E-state index in [1.54, 1.807) is 0 Å². The van der Waals surface area contributed by atoms with E-state index in [1.807, 2.05) is 0 Å². The van der Waals surface area contributed by atoms with Gasteiger partial charge in [0.05, 0.1) is 19.3 Å². The van der Waals surface area contributed by atoms with E-state index in [0.29, 0.717) is 0 Å². The number of hydrogen-bond acceptors (Lipinski definition) is 5. The lowest BCUT2D eigenvalue weighted by molar-refractivity contribution is -0.105. The van der Waals surface area contributed by atoms with Crippen molar-refractivity contribution in [1.29, 1.82) is 0 Å². The molecule has 6 N–H and O–H groups in total. The first kappa shape index (κ1) is 10.8. The van der Waals surface area contributed by atoms with Crippen LogP contribution in [0.25, 0.3) is 0 Å². The predicted molar refractivity (Wildman–Crippen MR) is 38.8 cm³/mol. The van der Waals surface area contributed by atoms with Gasteiger partial charge in [-0.2, -0.15) is 0 Å². The number of aliphatic hydroxyl groups excluding tert-OH is 3. The summed E-state index contributed by atoms with van der Waals surface area (Å²) in [5.74, 6) is 0. The molecule has 0 aromatic heterocycles. The molecule has 0 rings (SSSR count). The SMILES string of the molecule is C[C@](O)(CO)[C@@H](O)[C@H](N)CO. The molecule has 0 radical (unpaired) electrons. The van der Waals surface area contributed by atoms with Gasteiger partial charge in [-0.15, -0.1) is 0 Å². The second-order valence-electron chi connectivity index (χ2n) is 2.81. The van der Waals surface area contributed by atoms with Crippen LogP contribution in [0.1, 0.15) is 6.92 Å². The lowest BCUT2D eigenvalue weighted by Crippen LogP contribution is -2.54. The van der Waals surface area contributed by atoms with Gasteiger partial charge in [0.25, 0.3) is 0 Å². The maximum Gasteiger partial charge on any atom is 0.112 e. The molecule has 0 saturated carbocycles. The van der Waals surface area contributed by atoms with E-state index in [4.69, 9.17) is 21.1 Å². The van der Waals surface area contributed by atoms with E-state index >= 15 is 0 Å². The Morgan fingerprint density at radius 3 is 2.18 bits per heavy atom. The molecule has 68 valence electrons. The van der Waals surface area contributed by atoms with Crippen molar-refractivity contribution in [3.8, 4) is 0 Å². The van der Waals surface area contributed by atoms with Crippen LogP contribution in [-0.2, 0) is 0 Å². The number of aliphatic hydroxyl groups is 4. The lowest BCUT2D eigenvalue weighted by Gasteiger charge is -2.30. The Bertz CT molecular complexity index is 117. The van der Waals surface area contributed by atoms with Gasteiger partial charge in [0.2, 0.25) is 0 Å². The fraction of sp³-hybridized carbons (Fsp3) is 1.00. The maximum atomic E-state index is 9.20. The van der Waals surface area contributed by atoms with E-state index in [-0.39, 0.29) is 0 Å². The first-order valence-electron chi connectivity index (χ1n) is 3.33. The van der Waals surface area contributed by atoms with Crippen molar-refractivity contribution in [3.63, 3.8) is 0 Å². The van der Waals surface area contributed by atoms with Crippen molar-refractivity contribution in [3.05, 3.63) is 0 Å². The van der Waals surface area contributed by atoms with Crippen molar-refractivity contribution in [2.75, 3.05) is 13.2 Å². The highest BCUT2D eigenvalue weighted by molar-refractivity contribution is 4.87. The Morgan fingerprint density at radius 1 is 1.45 bits per heavy atom. The molecule has 0 bridgehead atoms. The first-order valence-corrected chi connectivity index (χ1v) is 3.33. The molecule has 0 saturated heterocycles. The standard InChI is InChI=1S/C6H15NO4/c1-6(11,3-9)5(10)4(7)2-8/h4-5,8-11H,2-3,7H2,1H3/t4-,5+,6+/m1/s1. The summed E-state index contributed by atoms with van der Waals surface area (Å²) in [4.78, 5) is 0. The second-order valence-corrected chi connectivity index (χ2v) is 2.81. The van der Waals surface area contributed by atoms with Crippen LogP contribution in [0.15, 0.2) is 0 Å². The van der Waals surface area contributed by atoms with E-state index in [0.717, 1.165) is 0 Å². The highest BCUT2D eigenvalue weighted by atomic mass is 16.4. The monoisotopic (exact) mass is 165 g/mol. The molecule has 5 heteroatoms. The quantitative estimate of drug-likeness (QED) is 0.314. The van der Waals surface area contributed by atoms with E-state index < -0.39 is 31.0 Å². The van der Waals surface area contributed by atoms with Crippen LogP contribution in [0.5, 0.6) is 0 Å². The van der Waals surface area contributed by atoms with Crippen molar-refractivity contribution in [2.24, 2.45) is 5.73 Å². The van der Waals surface area contributed by atoms with Crippen LogP contribution in [-0.4, -0.2) is 51.4 Å². The smallest absolute Gasteiger partial charge is 0.112 e. The first-order chi connectivity index (χ1) is 4.95. The summed E-state index contributed by atoms with van der Waals surface area (Å²) in [5, 5.41) is 35.4. The summed E-state index contributed by atoms with van der Waals surface area (Å²) in [6.07, 6.45) is -1.32. The molecule has 0 aliphatic heterocycles. The average molecular weight is 165 g/mol. The molecule has 5 nitrogen and oxygen atoms in total. The fourth-order valence-electron chi connectivity index (χ4n) is 0.655. The fourth-order valence-corrected chi connectivity index (χ4v) is 0.655. The number of hydrogen-bond donors (Lipinski definition) is 5. The molecule has 0 unspecified atom stereocenters. The van der Waals surface area contributed by atoms with Crippen LogP contribution in [0.3, 0.4) is 0 Å². The van der Waals surface area contributed by atoms with Gasteiger partial charge in [0.1, 0.15) is 11.7 Å². The summed E-state index contributed by atoms with van der Waals surface area (Å²) in [7, 11) is 0. The van der Waals surface area contributed by atoms with Gasteiger partial charge >= 0.3 is 0 Å². The largest absolute Gasteiger partial charge is 0.395 e. The Labute approximate surface area is 65.1 Å². The maximum absolute atomic E-state index is 9.20. The average Bonchev–Trinajstić information content (AvgIpc) is 2.01. The van der Waals surface area contributed by atoms with E-state index in [2.05, 4.69) is 0 Å². The van der Waals surface area contributed by atoms with Gasteiger partial charge in [-0.05, 0) is 6.92 Å². The third kappa shape index (κ3) is 2.72. The van der Waals surface area contributed by atoms with Crippen molar-refractivity contribution in [2.45, 2.75) is 24.7 Å². The normalized spacial score (nSPS) is 22.4. The van der Waals surface area contributed by atoms with Crippen molar-refractivity contribution >= 4 is 0 Å². The molecular weight excluding hydrogens is 150 g/mol. The topological polar surface area (TPSA) is 107 Å². The zero-order valence-corrected chi connectivity index (χ0v) is 6.44. The van der Waals surface area contributed by atoms with E-state index in [9.17, 15) is 5.11 Å². The molecule has 0 amide bonds. The summed E-state index contributed by atoms with van der Waals surface area (Å²) < 4.78 is 0. The van der Waals surface area contributed by atoms with Crippen molar-refractivity contribution < 1.29 is 20.4 Å². The zero-order valence-electron chi connectivity index (χ0n) is 6.44. The molecular formula is C6H15NO4. The Hall–Kier alpha value is -0.200.